The molecule has 3 aliphatic carbocycles. The fourth-order valence-electron chi connectivity index (χ4n) is 7.17. The highest BCUT2D eigenvalue weighted by Crippen LogP contribution is 2.58. The Labute approximate surface area is 265 Å². The van der Waals surface area contributed by atoms with Gasteiger partial charge in [-0.25, -0.2) is 13.9 Å². The number of hydrogen-bond acceptors (Lipinski definition) is 6. The first-order valence-corrected chi connectivity index (χ1v) is 16.1. The molecule has 0 spiro atoms. The molecule has 3 aliphatic rings. The molecule has 0 atom stereocenters. The molecule has 6 rings (SSSR count). The fraction of sp³-hybridized carbons (Fsp3) is 0.583. The van der Waals surface area contributed by atoms with E-state index >= 15 is 0 Å². The molecular weight excluding hydrogens is 571 g/mol. The molecule has 3 aromatic rings. The number of rotatable bonds is 9. The van der Waals surface area contributed by atoms with E-state index in [1.54, 1.807) is 22.8 Å². The highest BCUT2D eigenvalue weighted by Gasteiger charge is 2.56. The van der Waals surface area contributed by atoms with Crippen LogP contribution in [0.15, 0.2) is 36.5 Å². The van der Waals surface area contributed by atoms with Crippen LogP contribution in [0.1, 0.15) is 109 Å². The van der Waals surface area contributed by atoms with Gasteiger partial charge in [-0.05, 0) is 86.1 Å². The molecule has 3 saturated carbocycles. The zero-order valence-corrected chi connectivity index (χ0v) is 27.8. The molecule has 242 valence electrons. The number of hydrogen-bond donors (Lipinski definition) is 0. The Balaban J connectivity index is 1.31. The van der Waals surface area contributed by atoms with Crippen molar-refractivity contribution in [2.24, 2.45) is 16.2 Å². The number of amides is 1. The van der Waals surface area contributed by atoms with E-state index in [1.807, 2.05) is 11.0 Å². The molecule has 2 bridgehead atoms. The molecule has 2 aromatic heterocycles. The van der Waals surface area contributed by atoms with Crippen LogP contribution in [0.2, 0.25) is 0 Å². The number of fused-ring (bicyclic) bond motifs is 4. The molecule has 0 N–H and O–H groups in total. The molecule has 8 nitrogen and oxygen atoms in total. The van der Waals surface area contributed by atoms with Crippen molar-refractivity contribution in [3.8, 4) is 11.3 Å². The standard InChI is InChI=1S/C36H47FN4O4/c1-33(2,3)23-40(31(43)35-14-17-36(18-15-35,19-16-35)32(44)45-7)20-8-9-29(42)28-22-41-30(38-28)26(34(4,5)6)21-27(39-41)24-10-12-25(37)13-11-24/h10-13,21-22H,8-9,14-20,23H2,1-7H3. The first-order valence-electron chi connectivity index (χ1n) is 16.1. The largest absolute Gasteiger partial charge is 0.469 e. The summed E-state index contributed by atoms with van der Waals surface area (Å²) in [6.07, 6.45) is 6.62. The van der Waals surface area contributed by atoms with Crippen LogP contribution < -0.4 is 0 Å². The fourth-order valence-corrected chi connectivity index (χ4v) is 7.17. The third-order valence-corrected chi connectivity index (χ3v) is 9.76. The minimum atomic E-state index is -0.441. The predicted octanol–water partition coefficient (Wildman–Crippen LogP) is 7.18. The highest BCUT2D eigenvalue weighted by molar-refractivity contribution is 5.95. The second-order valence-corrected chi connectivity index (χ2v) is 15.5. The molecule has 1 aromatic carbocycles. The van der Waals surface area contributed by atoms with Crippen LogP contribution in [0.5, 0.6) is 0 Å². The number of imidazole rings is 1. The lowest BCUT2D eigenvalue weighted by molar-refractivity contribution is -0.170. The van der Waals surface area contributed by atoms with Crippen molar-refractivity contribution in [3.05, 3.63) is 53.6 Å². The summed E-state index contributed by atoms with van der Waals surface area (Å²) in [4.78, 5) is 46.8. The number of ketones is 1. The lowest BCUT2D eigenvalue weighted by atomic mass is 9.53. The average Bonchev–Trinajstić information content (AvgIpc) is 3.44. The van der Waals surface area contributed by atoms with Gasteiger partial charge in [0.05, 0.1) is 24.4 Å². The quantitative estimate of drug-likeness (QED) is 0.186. The minimum absolute atomic E-state index is 0.0943. The van der Waals surface area contributed by atoms with Gasteiger partial charge >= 0.3 is 5.97 Å². The molecule has 0 aliphatic heterocycles. The molecule has 0 radical (unpaired) electrons. The second-order valence-electron chi connectivity index (χ2n) is 15.5. The zero-order chi connectivity index (χ0) is 32.8. The van der Waals surface area contributed by atoms with Gasteiger partial charge in [-0.2, -0.15) is 5.10 Å². The third-order valence-electron chi connectivity index (χ3n) is 9.76. The first-order chi connectivity index (χ1) is 21.1. The molecular formula is C36H47FN4O4. The van der Waals surface area contributed by atoms with Crippen LogP contribution in [0.25, 0.3) is 16.9 Å². The summed E-state index contributed by atoms with van der Waals surface area (Å²) in [5, 5.41) is 4.72. The Hall–Kier alpha value is -3.62. The van der Waals surface area contributed by atoms with Gasteiger partial charge in [0.1, 0.15) is 11.5 Å². The molecule has 3 fully saturated rings. The van der Waals surface area contributed by atoms with Gasteiger partial charge in [0.2, 0.25) is 5.91 Å². The molecule has 2 heterocycles. The zero-order valence-electron chi connectivity index (χ0n) is 27.8. The summed E-state index contributed by atoms with van der Waals surface area (Å²) in [6, 6.07) is 8.17. The Bertz CT molecular complexity index is 1570. The summed E-state index contributed by atoms with van der Waals surface area (Å²) in [5.41, 5.74) is 2.11. The van der Waals surface area contributed by atoms with E-state index < -0.39 is 10.8 Å². The van der Waals surface area contributed by atoms with Gasteiger partial charge in [-0.3, -0.25) is 14.4 Å². The number of benzene rings is 1. The van der Waals surface area contributed by atoms with Gasteiger partial charge in [0, 0.05) is 36.1 Å². The summed E-state index contributed by atoms with van der Waals surface area (Å²) in [5.74, 6) is -0.394. The maximum atomic E-state index is 14.1. The van der Waals surface area contributed by atoms with E-state index in [1.165, 1.54) is 19.2 Å². The van der Waals surface area contributed by atoms with Gasteiger partial charge in [0.25, 0.3) is 0 Å². The van der Waals surface area contributed by atoms with Crippen LogP contribution in [0, 0.1) is 22.1 Å². The van der Waals surface area contributed by atoms with E-state index in [9.17, 15) is 18.8 Å². The average molecular weight is 619 g/mol. The van der Waals surface area contributed by atoms with Crippen LogP contribution in [0.4, 0.5) is 4.39 Å². The highest BCUT2D eigenvalue weighted by atomic mass is 19.1. The third kappa shape index (κ3) is 6.68. The molecule has 45 heavy (non-hydrogen) atoms. The second kappa shape index (κ2) is 12.0. The van der Waals surface area contributed by atoms with Crippen molar-refractivity contribution in [2.45, 2.75) is 98.3 Å². The van der Waals surface area contributed by atoms with Crippen LogP contribution in [-0.2, 0) is 19.7 Å². The summed E-state index contributed by atoms with van der Waals surface area (Å²) < 4.78 is 20.3. The van der Waals surface area contributed by atoms with Gasteiger partial charge < -0.3 is 9.64 Å². The number of halogens is 1. The Morgan fingerprint density at radius 3 is 2.11 bits per heavy atom. The Morgan fingerprint density at radius 2 is 1.56 bits per heavy atom. The SMILES string of the molecule is COC(=O)C12CCC(C(=O)N(CCCC(=O)c3cn4nc(-c5ccc(F)cc5)cc(C(C)(C)C)c4n3)CC(C)(C)C)(CC1)CC2. The van der Waals surface area contributed by atoms with E-state index in [0.29, 0.717) is 75.1 Å². The topological polar surface area (TPSA) is 93.9 Å². The Morgan fingerprint density at radius 1 is 0.956 bits per heavy atom. The smallest absolute Gasteiger partial charge is 0.311 e. The summed E-state index contributed by atoms with van der Waals surface area (Å²) in [6.45, 7) is 13.7. The molecule has 0 saturated heterocycles. The summed E-state index contributed by atoms with van der Waals surface area (Å²) >= 11 is 0. The molecule has 9 heteroatoms. The maximum Gasteiger partial charge on any atom is 0.311 e. The maximum absolute atomic E-state index is 14.1. The van der Waals surface area contributed by atoms with E-state index in [-0.39, 0.29) is 40.7 Å². The Kier molecular flexibility index (Phi) is 8.70. The monoisotopic (exact) mass is 618 g/mol. The first kappa shape index (κ1) is 32.8. The molecule has 0 unspecified atom stereocenters. The van der Waals surface area contributed by atoms with Crippen molar-refractivity contribution in [1.29, 1.82) is 0 Å². The minimum Gasteiger partial charge on any atom is -0.469 e. The number of carbonyl (C=O) groups excluding carboxylic acids is 3. The van der Waals surface area contributed by atoms with Gasteiger partial charge in [0.15, 0.2) is 11.4 Å². The van der Waals surface area contributed by atoms with Crippen molar-refractivity contribution >= 4 is 23.3 Å². The van der Waals surface area contributed by atoms with Crippen LogP contribution in [-0.4, -0.2) is 57.4 Å². The van der Waals surface area contributed by atoms with E-state index in [2.05, 4.69) is 41.5 Å². The summed E-state index contributed by atoms with van der Waals surface area (Å²) in [7, 11) is 1.45. The van der Waals surface area contributed by atoms with Crippen LogP contribution in [0.3, 0.4) is 0 Å². The van der Waals surface area contributed by atoms with Gasteiger partial charge in [-0.1, -0.05) is 41.5 Å². The van der Waals surface area contributed by atoms with Crippen molar-refractivity contribution < 1.29 is 23.5 Å². The number of methoxy groups -OCH3 is 1. The van der Waals surface area contributed by atoms with Crippen molar-refractivity contribution in [2.75, 3.05) is 20.2 Å². The predicted molar refractivity (Wildman–Crippen MR) is 171 cm³/mol. The number of Topliss-reactive ketones (excluding diaryl/α,β-unsaturated/α-hetero) is 1. The van der Waals surface area contributed by atoms with Crippen LogP contribution >= 0.6 is 0 Å². The number of esters is 1. The van der Waals surface area contributed by atoms with E-state index in [4.69, 9.17) is 14.8 Å². The lowest BCUT2D eigenvalue weighted by Gasteiger charge is -2.52. The van der Waals surface area contributed by atoms with Crippen molar-refractivity contribution in [1.82, 2.24) is 19.5 Å². The number of nitrogens with zero attached hydrogens (tertiary/aromatic N) is 4. The van der Waals surface area contributed by atoms with Gasteiger partial charge in [-0.15, -0.1) is 0 Å². The molecule has 1 amide bonds. The normalized spacial score (nSPS) is 21.6. The number of carbonyl (C=O) groups is 3. The number of aromatic nitrogens is 3. The lowest BCUT2D eigenvalue weighted by Crippen LogP contribution is -2.54. The number of ether oxygens (including phenoxy) is 1. The van der Waals surface area contributed by atoms with E-state index in [0.717, 1.165) is 11.1 Å². The van der Waals surface area contributed by atoms with Crippen molar-refractivity contribution in [3.63, 3.8) is 0 Å².